The third-order valence-corrected chi connectivity index (χ3v) is 4.92. The number of nitrogens with zero attached hydrogens (tertiary/aromatic N) is 1. The molecular weight excluding hydrogens is 386 g/mol. The fourth-order valence-electron chi connectivity index (χ4n) is 3.12. The number of carbonyl (C=O) groups excluding carboxylic acids is 3. The SMILES string of the molecule is CC(C)(C)[C@@H](C(=O)NC1CC1)N(O)C(=O)[C@@H](O)C(C=CCc1ccccc1)C(N)=O. The van der Waals surface area contributed by atoms with Crippen LogP contribution < -0.4 is 11.1 Å². The van der Waals surface area contributed by atoms with Gasteiger partial charge in [-0.1, -0.05) is 63.3 Å². The van der Waals surface area contributed by atoms with E-state index in [0.717, 1.165) is 18.4 Å². The van der Waals surface area contributed by atoms with Gasteiger partial charge in [0.15, 0.2) is 0 Å². The number of amides is 3. The van der Waals surface area contributed by atoms with Crippen LogP contribution in [0.5, 0.6) is 0 Å². The van der Waals surface area contributed by atoms with Crippen molar-refractivity contribution in [1.82, 2.24) is 10.4 Å². The fraction of sp³-hybridized carbons (Fsp3) is 0.500. The second kappa shape index (κ2) is 9.86. The second-order valence-electron chi connectivity index (χ2n) is 8.73. The Balaban J connectivity index is 2.13. The van der Waals surface area contributed by atoms with Gasteiger partial charge in [-0.05, 0) is 30.2 Å². The van der Waals surface area contributed by atoms with Gasteiger partial charge in [-0.2, -0.15) is 0 Å². The summed E-state index contributed by atoms with van der Waals surface area (Å²) in [7, 11) is 0. The standard InChI is InChI=1S/C22H31N3O5/c1-22(2,3)18(20(28)24-15-12-13-15)25(30)21(29)17(26)16(19(23)27)11-7-10-14-8-5-4-6-9-14/h4-9,11,15-18,26,30H,10,12-13H2,1-3H3,(H2,23,27)(H,24,28)/t16?,17-,18+/m0/s1. The zero-order valence-corrected chi connectivity index (χ0v) is 17.6. The maximum atomic E-state index is 12.7. The van der Waals surface area contributed by atoms with E-state index in [-0.39, 0.29) is 11.1 Å². The summed E-state index contributed by atoms with van der Waals surface area (Å²) >= 11 is 0. The molecule has 0 radical (unpaired) electrons. The first kappa shape index (κ1) is 23.6. The molecule has 1 aliphatic carbocycles. The van der Waals surface area contributed by atoms with Crippen molar-refractivity contribution in [3.05, 3.63) is 48.0 Å². The zero-order chi connectivity index (χ0) is 22.5. The molecule has 1 fully saturated rings. The number of primary amides is 1. The molecule has 8 heteroatoms. The van der Waals surface area contributed by atoms with Crippen LogP contribution in [-0.2, 0) is 20.8 Å². The number of aliphatic hydroxyl groups is 1. The minimum atomic E-state index is -1.92. The van der Waals surface area contributed by atoms with E-state index in [1.807, 2.05) is 30.3 Å². The number of aliphatic hydroxyl groups excluding tert-OH is 1. The molecule has 0 heterocycles. The molecule has 2 rings (SSSR count). The van der Waals surface area contributed by atoms with Crippen LogP contribution in [-0.4, -0.2) is 51.3 Å². The molecule has 0 saturated heterocycles. The van der Waals surface area contributed by atoms with Gasteiger partial charge in [-0.3, -0.25) is 19.6 Å². The smallest absolute Gasteiger partial charge is 0.276 e. The van der Waals surface area contributed by atoms with Crippen LogP contribution in [0.2, 0.25) is 0 Å². The summed E-state index contributed by atoms with van der Waals surface area (Å²) in [6, 6.07) is 8.21. The van der Waals surface area contributed by atoms with E-state index in [1.165, 1.54) is 6.08 Å². The minimum Gasteiger partial charge on any atom is -0.382 e. The van der Waals surface area contributed by atoms with Crippen LogP contribution in [0, 0.1) is 11.3 Å². The van der Waals surface area contributed by atoms with Crippen molar-refractivity contribution >= 4 is 17.7 Å². The van der Waals surface area contributed by atoms with Crippen LogP contribution in [0.1, 0.15) is 39.2 Å². The van der Waals surface area contributed by atoms with Crippen LogP contribution in [0.3, 0.4) is 0 Å². The third-order valence-electron chi connectivity index (χ3n) is 4.92. The van der Waals surface area contributed by atoms with E-state index in [1.54, 1.807) is 26.8 Å². The Hall–Kier alpha value is -2.71. The van der Waals surface area contributed by atoms with Crippen LogP contribution in [0.15, 0.2) is 42.5 Å². The van der Waals surface area contributed by atoms with Crippen molar-refractivity contribution in [2.45, 2.75) is 58.2 Å². The lowest BCUT2D eigenvalue weighted by Crippen LogP contribution is -2.58. The molecule has 0 bridgehead atoms. The van der Waals surface area contributed by atoms with E-state index in [9.17, 15) is 24.7 Å². The Morgan fingerprint density at radius 2 is 1.83 bits per heavy atom. The number of carbonyl (C=O) groups is 3. The molecule has 0 aliphatic heterocycles. The maximum absolute atomic E-state index is 12.7. The Kier molecular flexibility index (Phi) is 7.75. The molecule has 1 unspecified atom stereocenters. The summed E-state index contributed by atoms with van der Waals surface area (Å²) in [5.41, 5.74) is 5.54. The summed E-state index contributed by atoms with van der Waals surface area (Å²) in [5, 5.41) is 24.0. The predicted octanol–water partition coefficient (Wildman–Crippen LogP) is 1.16. The zero-order valence-electron chi connectivity index (χ0n) is 17.6. The molecule has 1 saturated carbocycles. The van der Waals surface area contributed by atoms with Crippen LogP contribution >= 0.6 is 0 Å². The van der Waals surface area contributed by atoms with Crippen molar-refractivity contribution in [1.29, 1.82) is 0 Å². The number of hydrogen-bond donors (Lipinski definition) is 4. The highest BCUT2D eigenvalue weighted by Crippen LogP contribution is 2.27. The molecule has 164 valence electrons. The van der Waals surface area contributed by atoms with E-state index in [4.69, 9.17) is 5.73 Å². The molecule has 30 heavy (non-hydrogen) atoms. The first-order valence-corrected chi connectivity index (χ1v) is 10.0. The number of rotatable bonds is 9. The minimum absolute atomic E-state index is 0.0371. The lowest BCUT2D eigenvalue weighted by molar-refractivity contribution is -0.198. The van der Waals surface area contributed by atoms with Gasteiger partial charge in [0.2, 0.25) is 11.8 Å². The highest BCUT2D eigenvalue weighted by atomic mass is 16.5. The Labute approximate surface area is 176 Å². The average Bonchev–Trinajstić information content (AvgIpc) is 3.47. The second-order valence-corrected chi connectivity index (χ2v) is 8.73. The molecule has 3 atom stereocenters. The Bertz CT molecular complexity index is 784. The topological polar surface area (TPSA) is 133 Å². The number of benzene rings is 1. The number of hydroxylamine groups is 2. The molecule has 5 N–H and O–H groups in total. The third kappa shape index (κ3) is 6.40. The van der Waals surface area contributed by atoms with Crippen molar-refractivity contribution in [3.63, 3.8) is 0 Å². The normalized spacial score (nSPS) is 17.2. The highest BCUT2D eigenvalue weighted by Gasteiger charge is 2.43. The number of nitrogens with one attached hydrogen (secondary N) is 1. The van der Waals surface area contributed by atoms with Crippen molar-refractivity contribution in [2.24, 2.45) is 17.1 Å². The molecule has 0 aromatic heterocycles. The summed E-state index contributed by atoms with van der Waals surface area (Å²) in [5.74, 6) is -3.93. The molecule has 1 aromatic rings. The van der Waals surface area contributed by atoms with E-state index in [0.29, 0.717) is 6.42 Å². The first-order valence-electron chi connectivity index (χ1n) is 10.0. The summed E-state index contributed by atoms with van der Waals surface area (Å²) < 4.78 is 0. The van der Waals surface area contributed by atoms with E-state index >= 15 is 0 Å². The Morgan fingerprint density at radius 3 is 2.33 bits per heavy atom. The number of allylic oxidation sites excluding steroid dienone is 1. The van der Waals surface area contributed by atoms with Gasteiger partial charge in [0.05, 0.1) is 5.92 Å². The van der Waals surface area contributed by atoms with Crippen LogP contribution in [0.25, 0.3) is 0 Å². The molecule has 8 nitrogen and oxygen atoms in total. The molecule has 1 aromatic carbocycles. The Morgan fingerprint density at radius 1 is 1.23 bits per heavy atom. The molecule has 1 aliphatic rings. The summed E-state index contributed by atoms with van der Waals surface area (Å²) in [6.45, 7) is 5.08. The van der Waals surface area contributed by atoms with E-state index < -0.39 is 41.2 Å². The van der Waals surface area contributed by atoms with Crippen molar-refractivity contribution in [3.8, 4) is 0 Å². The lowest BCUT2D eigenvalue weighted by Gasteiger charge is -2.36. The van der Waals surface area contributed by atoms with Crippen molar-refractivity contribution in [2.75, 3.05) is 0 Å². The van der Waals surface area contributed by atoms with Gasteiger partial charge in [0, 0.05) is 6.04 Å². The first-order chi connectivity index (χ1) is 14.0. The highest BCUT2D eigenvalue weighted by molar-refractivity contribution is 5.93. The summed E-state index contributed by atoms with van der Waals surface area (Å²) in [4.78, 5) is 37.2. The largest absolute Gasteiger partial charge is 0.382 e. The molecule has 3 amide bonds. The van der Waals surface area contributed by atoms with Gasteiger partial charge in [0.1, 0.15) is 12.1 Å². The van der Waals surface area contributed by atoms with Gasteiger partial charge in [-0.15, -0.1) is 0 Å². The van der Waals surface area contributed by atoms with Gasteiger partial charge >= 0.3 is 0 Å². The van der Waals surface area contributed by atoms with Gasteiger partial charge < -0.3 is 16.2 Å². The fourth-order valence-corrected chi connectivity index (χ4v) is 3.12. The lowest BCUT2D eigenvalue weighted by atomic mass is 9.85. The molecular formula is C22H31N3O5. The predicted molar refractivity (Wildman–Crippen MR) is 111 cm³/mol. The van der Waals surface area contributed by atoms with Crippen molar-refractivity contribution < 1.29 is 24.7 Å². The van der Waals surface area contributed by atoms with Crippen LogP contribution in [0.4, 0.5) is 0 Å². The maximum Gasteiger partial charge on any atom is 0.276 e. The quantitative estimate of drug-likeness (QED) is 0.272. The van der Waals surface area contributed by atoms with E-state index in [2.05, 4.69) is 5.32 Å². The molecule has 0 spiro atoms. The number of hydrogen-bond acceptors (Lipinski definition) is 5. The van der Waals surface area contributed by atoms with Gasteiger partial charge in [-0.25, -0.2) is 5.06 Å². The average molecular weight is 418 g/mol. The number of nitrogens with two attached hydrogens (primary N) is 1. The summed E-state index contributed by atoms with van der Waals surface area (Å²) in [6.07, 6.45) is 3.23. The monoisotopic (exact) mass is 417 g/mol. The van der Waals surface area contributed by atoms with Gasteiger partial charge in [0.25, 0.3) is 5.91 Å².